The van der Waals surface area contributed by atoms with Crippen molar-refractivity contribution in [3.05, 3.63) is 58.3 Å². The van der Waals surface area contributed by atoms with E-state index < -0.39 is 0 Å². The Kier molecular flexibility index (Phi) is 5.25. The van der Waals surface area contributed by atoms with E-state index in [1.54, 1.807) is 12.1 Å². The molecule has 5 nitrogen and oxygen atoms in total. The van der Waals surface area contributed by atoms with Crippen LogP contribution >= 0.6 is 15.9 Å². The van der Waals surface area contributed by atoms with E-state index in [1.165, 1.54) is 12.3 Å². The second-order valence-corrected chi connectivity index (χ2v) is 6.67. The van der Waals surface area contributed by atoms with E-state index in [1.807, 2.05) is 18.2 Å². The molecule has 0 bridgehead atoms. The number of halogens is 1. The van der Waals surface area contributed by atoms with E-state index in [-0.39, 0.29) is 23.6 Å². The number of amides is 2. The highest BCUT2D eigenvalue weighted by atomic mass is 79.9. The lowest BCUT2D eigenvalue weighted by atomic mass is 10.2. The van der Waals surface area contributed by atoms with Crippen LogP contribution in [0.25, 0.3) is 0 Å². The fraction of sp³-hybridized carbons (Fsp3) is 0.278. The summed E-state index contributed by atoms with van der Waals surface area (Å²) >= 11 is 3.39. The number of nitrogens with zero attached hydrogens (tertiary/aromatic N) is 1. The molecule has 0 radical (unpaired) electrons. The number of benzene rings is 1. The van der Waals surface area contributed by atoms with Crippen LogP contribution in [0.4, 0.5) is 5.69 Å². The van der Waals surface area contributed by atoms with Crippen LogP contribution in [0.3, 0.4) is 0 Å². The molecule has 2 aromatic rings. The van der Waals surface area contributed by atoms with Crippen molar-refractivity contribution >= 4 is 33.4 Å². The Labute approximate surface area is 149 Å². The van der Waals surface area contributed by atoms with Gasteiger partial charge in [-0.05, 0) is 53.0 Å². The second kappa shape index (κ2) is 7.57. The predicted octanol–water partition coefficient (Wildman–Crippen LogP) is 3.77. The fourth-order valence-corrected chi connectivity index (χ4v) is 3.17. The first-order valence-corrected chi connectivity index (χ1v) is 8.75. The third kappa shape index (κ3) is 4.00. The smallest absolute Gasteiger partial charge is 0.270 e. The van der Waals surface area contributed by atoms with Crippen molar-refractivity contribution in [2.75, 3.05) is 5.32 Å². The average molecular weight is 388 g/mol. The maximum atomic E-state index is 12.4. The molecule has 1 heterocycles. The molecule has 1 aliphatic rings. The zero-order valence-electron chi connectivity index (χ0n) is 13.1. The maximum Gasteiger partial charge on any atom is 0.270 e. The Morgan fingerprint density at radius 1 is 1.08 bits per heavy atom. The van der Waals surface area contributed by atoms with Crippen LogP contribution in [0.5, 0.6) is 0 Å². The lowest BCUT2D eigenvalue weighted by Crippen LogP contribution is -2.33. The maximum absolute atomic E-state index is 12.4. The number of hydrogen-bond donors (Lipinski definition) is 2. The van der Waals surface area contributed by atoms with Crippen LogP contribution in [-0.2, 0) is 0 Å². The van der Waals surface area contributed by atoms with Gasteiger partial charge in [-0.3, -0.25) is 14.6 Å². The van der Waals surface area contributed by atoms with E-state index >= 15 is 0 Å². The van der Waals surface area contributed by atoms with Crippen molar-refractivity contribution in [2.45, 2.75) is 31.7 Å². The number of rotatable bonds is 4. The van der Waals surface area contributed by atoms with Gasteiger partial charge in [0.1, 0.15) is 5.69 Å². The van der Waals surface area contributed by atoms with E-state index in [0.717, 1.165) is 30.2 Å². The summed E-state index contributed by atoms with van der Waals surface area (Å²) in [5.41, 5.74) is 1.34. The number of hydrogen-bond acceptors (Lipinski definition) is 3. The van der Waals surface area contributed by atoms with Gasteiger partial charge in [-0.15, -0.1) is 0 Å². The van der Waals surface area contributed by atoms with Gasteiger partial charge in [0.2, 0.25) is 0 Å². The van der Waals surface area contributed by atoms with E-state index in [2.05, 4.69) is 31.5 Å². The van der Waals surface area contributed by atoms with Gasteiger partial charge in [0.05, 0.1) is 5.69 Å². The molecule has 0 atom stereocenters. The Balaban J connectivity index is 1.71. The molecule has 1 saturated carbocycles. The minimum Gasteiger partial charge on any atom is -0.348 e. The van der Waals surface area contributed by atoms with Crippen molar-refractivity contribution in [3.8, 4) is 0 Å². The van der Waals surface area contributed by atoms with Gasteiger partial charge in [-0.25, -0.2) is 0 Å². The lowest BCUT2D eigenvalue weighted by Gasteiger charge is -2.12. The van der Waals surface area contributed by atoms with Crippen molar-refractivity contribution < 1.29 is 9.59 Å². The first kappa shape index (κ1) is 16.6. The molecule has 6 heteroatoms. The molecule has 1 fully saturated rings. The van der Waals surface area contributed by atoms with Crippen LogP contribution in [0.2, 0.25) is 0 Å². The van der Waals surface area contributed by atoms with Gasteiger partial charge >= 0.3 is 0 Å². The highest BCUT2D eigenvalue weighted by Gasteiger charge is 2.19. The Bertz CT molecular complexity index is 757. The quantitative estimate of drug-likeness (QED) is 0.838. The summed E-state index contributed by atoms with van der Waals surface area (Å²) in [7, 11) is 0. The van der Waals surface area contributed by atoms with Crippen molar-refractivity contribution in [1.82, 2.24) is 10.3 Å². The van der Waals surface area contributed by atoms with E-state index in [9.17, 15) is 9.59 Å². The molecule has 3 rings (SSSR count). The van der Waals surface area contributed by atoms with E-state index in [0.29, 0.717) is 11.3 Å². The number of carbonyl (C=O) groups excluding carboxylic acids is 2. The summed E-state index contributed by atoms with van der Waals surface area (Å²) in [5, 5.41) is 5.80. The molecular formula is C18H18BrN3O2. The molecule has 124 valence electrons. The highest BCUT2D eigenvalue weighted by Crippen LogP contribution is 2.22. The summed E-state index contributed by atoms with van der Waals surface area (Å²) < 4.78 is 0.798. The second-order valence-electron chi connectivity index (χ2n) is 5.82. The molecule has 2 N–H and O–H groups in total. The largest absolute Gasteiger partial charge is 0.348 e. The number of pyridine rings is 1. The third-order valence-electron chi connectivity index (χ3n) is 4.07. The summed E-state index contributed by atoms with van der Waals surface area (Å²) in [6.07, 6.45) is 5.79. The summed E-state index contributed by atoms with van der Waals surface area (Å²) in [6.45, 7) is 0. The van der Waals surface area contributed by atoms with E-state index in [4.69, 9.17) is 0 Å². The monoisotopic (exact) mass is 387 g/mol. The topological polar surface area (TPSA) is 71.1 Å². The molecule has 0 spiro atoms. The Hall–Kier alpha value is -2.21. The standard InChI is InChI=1S/C18H18BrN3O2/c19-14-7-3-4-8-15(14)22-17(23)12-9-10-20-16(11-12)18(24)21-13-5-1-2-6-13/h3-4,7-11,13H,1-2,5-6H2,(H,21,24)(H,22,23). The molecule has 24 heavy (non-hydrogen) atoms. The molecule has 2 amide bonds. The zero-order valence-corrected chi connectivity index (χ0v) is 14.7. The minimum atomic E-state index is -0.279. The zero-order chi connectivity index (χ0) is 16.9. The average Bonchev–Trinajstić information content (AvgIpc) is 3.10. The molecule has 0 unspecified atom stereocenters. The first-order valence-electron chi connectivity index (χ1n) is 7.96. The molecule has 1 aliphatic carbocycles. The van der Waals surface area contributed by atoms with Crippen molar-refractivity contribution in [3.63, 3.8) is 0 Å². The van der Waals surface area contributed by atoms with Gasteiger partial charge < -0.3 is 10.6 Å². The van der Waals surface area contributed by atoms with Crippen LogP contribution in [0.15, 0.2) is 47.1 Å². The number of para-hydroxylation sites is 1. The Morgan fingerprint density at radius 3 is 2.58 bits per heavy atom. The van der Waals surface area contributed by atoms with Crippen LogP contribution in [-0.4, -0.2) is 22.8 Å². The summed E-state index contributed by atoms with van der Waals surface area (Å²) in [6, 6.07) is 10.7. The van der Waals surface area contributed by atoms with Crippen LogP contribution < -0.4 is 10.6 Å². The summed E-state index contributed by atoms with van der Waals surface area (Å²) in [5.74, 6) is -0.503. The molecular weight excluding hydrogens is 370 g/mol. The number of carbonyl (C=O) groups is 2. The SMILES string of the molecule is O=C(Nc1ccccc1Br)c1ccnc(C(=O)NC2CCCC2)c1. The molecule has 0 aliphatic heterocycles. The van der Waals surface area contributed by atoms with Gasteiger partial charge in [0, 0.05) is 22.3 Å². The predicted molar refractivity (Wildman–Crippen MR) is 96.1 cm³/mol. The van der Waals surface area contributed by atoms with Crippen molar-refractivity contribution in [1.29, 1.82) is 0 Å². The minimum absolute atomic E-state index is 0.219. The number of nitrogens with one attached hydrogen (secondary N) is 2. The van der Waals surface area contributed by atoms with Crippen molar-refractivity contribution in [2.24, 2.45) is 0 Å². The van der Waals surface area contributed by atoms with Gasteiger partial charge in [0.25, 0.3) is 11.8 Å². The first-order chi connectivity index (χ1) is 11.6. The summed E-state index contributed by atoms with van der Waals surface area (Å²) in [4.78, 5) is 28.8. The lowest BCUT2D eigenvalue weighted by molar-refractivity contribution is 0.0933. The molecule has 1 aromatic heterocycles. The molecule has 1 aromatic carbocycles. The third-order valence-corrected chi connectivity index (χ3v) is 4.76. The van der Waals surface area contributed by atoms with Gasteiger partial charge in [-0.2, -0.15) is 0 Å². The van der Waals surface area contributed by atoms with Gasteiger partial charge in [-0.1, -0.05) is 25.0 Å². The van der Waals surface area contributed by atoms with Gasteiger partial charge in [0.15, 0.2) is 0 Å². The normalized spacial score (nSPS) is 14.4. The molecule has 0 saturated heterocycles. The van der Waals surface area contributed by atoms with Crippen LogP contribution in [0.1, 0.15) is 46.5 Å². The fourth-order valence-electron chi connectivity index (χ4n) is 2.78. The van der Waals surface area contributed by atoms with Crippen LogP contribution in [0, 0.1) is 0 Å². The highest BCUT2D eigenvalue weighted by molar-refractivity contribution is 9.10. The number of anilines is 1. The Morgan fingerprint density at radius 2 is 1.83 bits per heavy atom. The number of aromatic nitrogens is 1.